The summed E-state index contributed by atoms with van der Waals surface area (Å²) in [5.41, 5.74) is 6.35. The lowest BCUT2D eigenvalue weighted by Gasteiger charge is -2.32. The number of halogens is 4. The molecular weight excluding hydrogens is 444 g/mol. The van der Waals surface area contributed by atoms with Crippen molar-refractivity contribution in [3.05, 3.63) is 18.3 Å². The number of nitrogens with two attached hydrogens (primary N) is 1. The Kier molecular flexibility index (Phi) is 5.42. The highest BCUT2D eigenvalue weighted by Crippen LogP contribution is 2.44. The average molecular weight is 468 g/mol. The molecule has 3 atom stereocenters. The van der Waals surface area contributed by atoms with Gasteiger partial charge in [0.2, 0.25) is 5.95 Å². The van der Waals surface area contributed by atoms with Crippen LogP contribution in [0.1, 0.15) is 19.3 Å². The molecular formula is C21H24F4N6O2. The summed E-state index contributed by atoms with van der Waals surface area (Å²) in [6.07, 6.45) is 2.84. The van der Waals surface area contributed by atoms with Crippen molar-refractivity contribution in [1.82, 2.24) is 15.0 Å². The molecule has 178 valence electrons. The van der Waals surface area contributed by atoms with Crippen LogP contribution in [0.4, 0.5) is 35.1 Å². The van der Waals surface area contributed by atoms with Crippen LogP contribution in [0.15, 0.2) is 18.3 Å². The minimum atomic E-state index is -3.08. The van der Waals surface area contributed by atoms with Gasteiger partial charge in [-0.3, -0.25) is 0 Å². The number of piperidine rings is 1. The van der Waals surface area contributed by atoms with E-state index in [0.29, 0.717) is 29.5 Å². The van der Waals surface area contributed by atoms with E-state index in [1.165, 1.54) is 17.2 Å². The lowest BCUT2D eigenvalue weighted by atomic mass is 9.95. The molecule has 8 nitrogen and oxygen atoms in total. The predicted molar refractivity (Wildman–Crippen MR) is 113 cm³/mol. The lowest BCUT2D eigenvalue weighted by Crippen LogP contribution is -2.37. The minimum absolute atomic E-state index is 0.105. The molecule has 0 amide bonds. The quantitative estimate of drug-likeness (QED) is 0.625. The summed E-state index contributed by atoms with van der Waals surface area (Å²) < 4.78 is 57.7. The molecule has 3 aliphatic rings. The van der Waals surface area contributed by atoms with Crippen molar-refractivity contribution in [2.75, 3.05) is 41.8 Å². The molecule has 0 radical (unpaired) electrons. The molecule has 3 fully saturated rings. The summed E-state index contributed by atoms with van der Waals surface area (Å²) in [5.74, 6) is -2.01. The number of aliphatic hydroxyl groups is 1. The van der Waals surface area contributed by atoms with Gasteiger partial charge in [-0.2, -0.15) is 13.8 Å². The van der Waals surface area contributed by atoms with Gasteiger partial charge < -0.3 is 25.4 Å². The van der Waals surface area contributed by atoms with E-state index in [0.717, 1.165) is 12.8 Å². The summed E-state index contributed by atoms with van der Waals surface area (Å²) in [6.45, 7) is -2.63. The van der Waals surface area contributed by atoms with E-state index in [1.54, 1.807) is 6.07 Å². The van der Waals surface area contributed by atoms with Gasteiger partial charge in [-0.1, -0.05) is 0 Å². The third kappa shape index (κ3) is 4.23. The van der Waals surface area contributed by atoms with Crippen LogP contribution in [0, 0.1) is 11.8 Å². The Bertz CT molecular complexity index is 1040. The first kappa shape index (κ1) is 21.9. The largest absolute Gasteiger partial charge is 0.431 e. The maximum Gasteiger partial charge on any atom is 0.387 e. The van der Waals surface area contributed by atoms with Gasteiger partial charge in [-0.25, -0.2) is 18.7 Å². The van der Waals surface area contributed by atoms with E-state index < -0.39 is 19.1 Å². The molecule has 2 aromatic rings. The SMILES string of the molecule is Nc1ncc(-c2cc(N3CC4CC3CC4CO)nc(N3CCC(F)(F)C3)n2)cc1OC(F)F. The summed E-state index contributed by atoms with van der Waals surface area (Å²) in [6, 6.07) is 3.19. The fraction of sp³-hybridized carbons (Fsp3) is 0.571. The first-order chi connectivity index (χ1) is 15.7. The van der Waals surface area contributed by atoms with E-state index in [1.807, 2.05) is 0 Å². The number of alkyl halides is 4. The topological polar surface area (TPSA) is 101 Å². The highest BCUT2D eigenvalue weighted by Gasteiger charge is 2.45. The number of ether oxygens (including phenoxy) is 1. The van der Waals surface area contributed by atoms with Gasteiger partial charge in [-0.05, 0) is 30.7 Å². The molecule has 0 spiro atoms. The number of nitrogens with zero attached hydrogens (tertiary/aromatic N) is 5. The van der Waals surface area contributed by atoms with E-state index in [-0.39, 0.29) is 49.0 Å². The molecule has 3 N–H and O–H groups in total. The molecule has 3 unspecified atom stereocenters. The third-order valence-electron chi connectivity index (χ3n) is 6.76. The third-order valence-corrected chi connectivity index (χ3v) is 6.76. The Hall–Kier alpha value is -2.89. The zero-order valence-corrected chi connectivity index (χ0v) is 17.7. The molecule has 4 heterocycles. The average Bonchev–Trinajstić information content (AvgIpc) is 3.48. The molecule has 0 aromatic carbocycles. The fourth-order valence-electron chi connectivity index (χ4n) is 5.11. The number of nitrogen functional groups attached to an aromatic ring is 1. The summed E-state index contributed by atoms with van der Waals surface area (Å²) in [4.78, 5) is 16.5. The maximum absolute atomic E-state index is 13.9. The molecule has 1 aliphatic carbocycles. The van der Waals surface area contributed by atoms with Crippen LogP contribution in [0.5, 0.6) is 5.75 Å². The number of aromatic nitrogens is 3. The van der Waals surface area contributed by atoms with E-state index in [9.17, 15) is 22.7 Å². The van der Waals surface area contributed by atoms with Gasteiger partial charge in [0.25, 0.3) is 5.92 Å². The van der Waals surface area contributed by atoms with Crippen LogP contribution in [-0.2, 0) is 0 Å². The van der Waals surface area contributed by atoms with E-state index in [2.05, 4.69) is 24.6 Å². The van der Waals surface area contributed by atoms with Crippen molar-refractivity contribution in [1.29, 1.82) is 0 Å². The summed E-state index contributed by atoms with van der Waals surface area (Å²) in [7, 11) is 0. The van der Waals surface area contributed by atoms with Crippen molar-refractivity contribution in [2.24, 2.45) is 11.8 Å². The van der Waals surface area contributed by atoms with Gasteiger partial charge in [0.1, 0.15) is 5.82 Å². The van der Waals surface area contributed by atoms with Gasteiger partial charge in [0.15, 0.2) is 11.6 Å². The number of aliphatic hydroxyl groups excluding tert-OH is 1. The normalized spacial score (nSPS) is 25.9. The fourth-order valence-corrected chi connectivity index (χ4v) is 5.11. The zero-order valence-electron chi connectivity index (χ0n) is 17.7. The van der Waals surface area contributed by atoms with E-state index >= 15 is 0 Å². The van der Waals surface area contributed by atoms with Gasteiger partial charge >= 0.3 is 6.61 Å². The molecule has 33 heavy (non-hydrogen) atoms. The molecule has 1 saturated carbocycles. The second kappa shape index (κ2) is 8.15. The number of hydrogen-bond acceptors (Lipinski definition) is 8. The molecule has 2 bridgehead atoms. The Morgan fingerprint density at radius 3 is 2.70 bits per heavy atom. The zero-order chi connectivity index (χ0) is 23.3. The van der Waals surface area contributed by atoms with Crippen LogP contribution in [0.25, 0.3) is 11.3 Å². The second-order valence-corrected chi connectivity index (χ2v) is 8.91. The molecule has 2 saturated heterocycles. The summed E-state index contributed by atoms with van der Waals surface area (Å²) >= 11 is 0. The van der Waals surface area contributed by atoms with Crippen LogP contribution < -0.4 is 20.3 Å². The van der Waals surface area contributed by atoms with Crippen molar-refractivity contribution < 1.29 is 27.4 Å². The Morgan fingerprint density at radius 1 is 1.24 bits per heavy atom. The van der Waals surface area contributed by atoms with Crippen LogP contribution in [-0.4, -0.2) is 64.9 Å². The first-order valence-corrected chi connectivity index (χ1v) is 10.8. The van der Waals surface area contributed by atoms with Crippen molar-refractivity contribution in [2.45, 2.75) is 37.8 Å². The number of anilines is 3. The maximum atomic E-state index is 13.9. The predicted octanol–water partition coefficient (Wildman–Crippen LogP) is 2.77. The number of fused-ring (bicyclic) bond motifs is 2. The van der Waals surface area contributed by atoms with Crippen molar-refractivity contribution in [3.8, 4) is 17.0 Å². The first-order valence-electron chi connectivity index (χ1n) is 10.8. The minimum Gasteiger partial charge on any atom is -0.431 e. The molecule has 5 rings (SSSR count). The second-order valence-electron chi connectivity index (χ2n) is 8.91. The highest BCUT2D eigenvalue weighted by atomic mass is 19.3. The van der Waals surface area contributed by atoms with Gasteiger partial charge in [-0.15, -0.1) is 0 Å². The Balaban J connectivity index is 1.53. The van der Waals surface area contributed by atoms with Crippen molar-refractivity contribution >= 4 is 17.6 Å². The summed E-state index contributed by atoms with van der Waals surface area (Å²) in [5, 5.41) is 9.58. The molecule has 2 aliphatic heterocycles. The van der Waals surface area contributed by atoms with E-state index in [4.69, 9.17) is 5.73 Å². The lowest BCUT2D eigenvalue weighted by molar-refractivity contribution is -0.0494. The van der Waals surface area contributed by atoms with Crippen LogP contribution in [0.2, 0.25) is 0 Å². The Labute approximate surface area is 187 Å². The molecule has 2 aromatic heterocycles. The highest BCUT2D eigenvalue weighted by molar-refractivity contribution is 5.68. The standard InChI is InChI=1S/C21H24F4N6O2/c22-19(23)33-16-5-11(7-27-18(16)26)15-6-17(31-8-12-3-14(31)4-13(12)9-32)29-20(28-15)30-2-1-21(24,25)10-30/h5-7,12-14,19,32H,1-4,8-10H2,(H2,26,27). The molecule has 12 heteroatoms. The number of pyridine rings is 1. The Morgan fingerprint density at radius 2 is 2.06 bits per heavy atom. The van der Waals surface area contributed by atoms with Crippen molar-refractivity contribution in [3.63, 3.8) is 0 Å². The van der Waals surface area contributed by atoms with Gasteiger partial charge in [0.05, 0.1) is 12.2 Å². The smallest absolute Gasteiger partial charge is 0.387 e. The van der Waals surface area contributed by atoms with Crippen LogP contribution in [0.3, 0.4) is 0 Å². The van der Waals surface area contributed by atoms with Gasteiger partial charge in [0, 0.05) is 50.0 Å². The number of rotatable bonds is 6. The van der Waals surface area contributed by atoms with Crippen LogP contribution >= 0.6 is 0 Å². The number of hydrogen-bond donors (Lipinski definition) is 2. The monoisotopic (exact) mass is 468 g/mol.